The van der Waals surface area contributed by atoms with Gasteiger partial charge in [0.15, 0.2) is 5.82 Å². The minimum atomic E-state index is -0.393. The predicted octanol–water partition coefficient (Wildman–Crippen LogP) is 4.77. The molecule has 3 rings (SSSR count). The smallest absolute Gasteiger partial charge is 0.230 e. The van der Waals surface area contributed by atoms with Gasteiger partial charge in [-0.1, -0.05) is 36.2 Å². The standard InChI is InChI=1S/C20H22Cl2FN5O/c1-11(9-28-14(4)19(22)13(3)25-28)20(29)24-18-8-12(2)27(26-18)10-15-16(21)6-5-7-17(15)23/h5-8,11H,9-10H2,1-4H3,(H,24,26,29). The van der Waals surface area contributed by atoms with Gasteiger partial charge >= 0.3 is 0 Å². The second-order valence-corrected chi connectivity index (χ2v) is 7.87. The second kappa shape index (κ2) is 8.55. The zero-order chi connectivity index (χ0) is 21.3. The monoisotopic (exact) mass is 437 g/mol. The van der Waals surface area contributed by atoms with Crippen molar-refractivity contribution >= 4 is 34.9 Å². The van der Waals surface area contributed by atoms with E-state index in [1.807, 2.05) is 27.7 Å². The van der Waals surface area contributed by atoms with Gasteiger partial charge in [0.2, 0.25) is 5.91 Å². The van der Waals surface area contributed by atoms with Crippen LogP contribution in [-0.4, -0.2) is 25.5 Å². The van der Waals surface area contributed by atoms with Crippen molar-refractivity contribution in [3.05, 3.63) is 62.8 Å². The fourth-order valence-corrected chi connectivity index (χ4v) is 3.37. The van der Waals surface area contributed by atoms with Crippen LogP contribution in [0.3, 0.4) is 0 Å². The normalized spacial score (nSPS) is 12.2. The summed E-state index contributed by atoms with van der Waals surface area (Å²) in [6, 6.07) is 6.28. The zero-order valence-electron chi connectivity index (χ0n) is 16.6. The van der Waals surface area contributed by atoms with E-state index in [0.717, 1.165) is 17.1 Å². The molecular formula is C20H22Cl2FN5O. The molecule has 0 aliphatic rings. The Morgan fingerprint density at radius 2 is 1.93 bits per heavy atom. The largest absolute Gasteiger partial charge is 0.309 e. The molecule has 0 radical (unpaired) electrons. The molecule has 0 aliphatic heterocycles. The van der Waals surface area contributed by atoms with Gasteiger partial charge < -0.3 is 5.32 Å². The number of rotatable bonds is 6. The van der Waals surface area contributed by atoms with Crippen molar-refractivity contribution in [1.29, 1.82) is 0 Å². The van der Waals surface area contributed by atoms with Gasteiger partial charge in [-0.05, 0) is 32.9 Å². The summed E-state index contributed by atoms with van der Waals surface area (Å²) in [5.74, 6) is -0.536. The van der Waals surface area contributed by atoms with Gasteiger partial charge in [-0.3, -0.25) is 14.2 Å². The van der Waals surface area contributed by atoms with Crippen LogP contribution in [0.25, 0.3) is 0 Å². The van der Waals surface area contributed by atoms with Crippen molar-refractivity contribution in [3.8, 4) is 0 Å². The quantitative estimate of drug-likeness (QED) is 0.603. The molecule has 0 saturated carbocycles. The second-order valence-electron chi connectivity index (χ2n) is 7.09. The van der Waals surface area contributed by atoms with Crippen molar-refractivity contribution in [3.63, 3.8) is 0 Å². The number of anilines is 1. The van der Waals surface area contributed by atoms with Crippen molar-refractivity contribution < 1.29 is 9.18 Å². The molecule has 2 heterocycles. The van der Waals surface area contributed by atoms with E-state index in [0.29, 0.717) is 28.0 Å². The Hall–Kier alpha value is -2.38. The maximum absolute atomic E-state index is 14.0. The Morgan fingerprint density at radius 1 is 1.21 bits per heavy atom. The molecule has 1 unspecified atom stereocenters. The summed E-state index contributed by atoms with van der Waals surface area (Å²) in [6.07, 6.45) is 0. The number of aromatic nitrogens is 4. The van der Waals surface area contributed by atoms with E-state index in [1.165, 1.54) is 6.07 Å². The van der Waals surface area contributed by atoms with Crippen molar-refractivity contribution in [1.82, 2.24) is 19.6 Å². The Balaban J connectivity index is 1.69. The van der Waals surface area contributed by atoms with E-state index in [1.54, 1.807) is 27.6 Å². The lowest BCUT2D eigenvalue weighted by atomic mass is 10.1. The summed E-state index contributed by atoms with van der Waals surface area (Å²) in [7, 11) is 0. The van der Waals surface area contributed by atoms with Gasteiger partial charge in [0, 0.05) is 22.3 Å². The van der Waals surface area contributed by atoms with Gasteiger partial charge in [0.1, 0.15) is 5.82 Å². The molecule has 0 bridgehead atoms. The molecule has 9 heteroatoms. The first kappa shape index (κ1) is 21.3. The highest BCUT2D eigenvalue weighted by Gasteiger charge is 2.19. The van der Waals surface area contributed by atoms with E-state index in [-0.39, 0.29) is 18.4 Å². The lowest BCUT2D eigenvalue weighted by Gasteiger charge is -2.12. The molecule has 0 fully saturated rings. The molecule has 2 aromatic heterocycles. The van der Waals surface area contributed by atoms with Crippen molar-refractivity contribution in [2.45, 2.75) is 40.8 Å². The highest BCUT2D eigenvalue weighted by Crippen LogP contribution is 2.22. The van der Waals surface area contributed by atoms with Crippen LogP contribution in [0.5, 0.6) is 0 Å². The van der Waals surface area contributed by atoms with Gasteiger partial charge in [-0.25, -0.2) is 4.39 Å². The molecule has 6 nitrogen and oxygen atoms in total. The van der Waals surface area contributed by atoms with Crippen LogP contribution in [0.4, 0.5) is 10.2 Å². The highest BCUT2D eigenvalue weighted by atomic mass is 35.5. The van der Waals surface area contributed by atoms with E-state index < -0.39 is 5.82 Å². The first-order valence-corrected chi connectivity index (χ1v) is 9.90. The zero-order valence-corrected chi connectivity index (χ0v) is 18.1. The van der Waals surface area contributed by atoms with Crippen LogP contribution >= 0.6 is 23.2 Å². The maximum atomic E-state index is 14.0. The van der Waals surface area contributed by atoms with Crippen LogP contribution in [0, 0.1) is 32.5 Å². The minimum Gasteiger partial charge on any atom is -0.309 e. The Labute approximate surface area is 178 Å². The van der Waals surface area contributed by atoms with Crippen LogP contribution in [-0.2, 0) is 17.9 Å². The first-order chi connectivity index (χ1) is 13.7. The number of hydrogen-bond acceptors (Lipinski definition) is 3. The molecule has 154 valence electrons. The summed E-state index contributed by atoms with van der Waals surface area (Å²) >= 11 is 12.3. The van der Waals surface area contributed by atoms with E-state index in [9.17, 15) is 9.18 Å². The van der Waals surface area contributed by atoms with Crippen LogP contribution in [0.1, 0.15) is 29.6 Å². The number of nitrogens with one attached hydrogen (secondary N) is 1. The molecular weight excluding hydrogens is 416 g/mol. The van der Waals surface area contributed by atoms with E-state index >= 15 is 0 Å². The van der Waals surface area contributed by atoms with Gasteiger partial charge in [-0.2, -0.15) is 10.2 Å². The van der Waals surface area contributed by atoms with Gasteiger partial charge in [-0.15, -0.1) is 0 Å². The topological polar surface area (TPSA) is 64.7 Å². The molecule has 0 saturated heterocycles. The van der Waals surface area contributed by atoms with Crippen molar-refractivity contribution in [2.24, 2.45) is 5.92 Å². The average Bonchev–Trinajstić information content (AvgIpc) is 3.12. The fraction of sp³-hybridized carbons (Fsp3) is 0.350. The maximum Gasteiger partial charge on any atom is 0.230 e. The summed E-state index contributed by atoms with van der Waals surface area (Å²) in [5.41, 5.74) is 2.69. The predicted molar refractivity (Wildman–Crippen MR) is 112 cm³/mol. The van der Waals surface area contributed by atoms with Crippen molar-refractivity contribution in [2.75, 3.05) is 5.32 Å². The third-order valence-corrected chi connectivity index (χ3v) is 5.69. The number of benzene rings is 1. The number of aryl methyl sites for hydroxylation is 2. The third-order valence-electron chi connectivity index (χ3n) is 4.79. The Bertz CT molecular complexity index is 1040. The third kappa shape index (κ3) is 4.62. The molecule has 1 aromatic carbocycles. The van der Waals surface area contributed by atoms with E-state index in [2.05, 4.69) is 15.5 Å². The van der Waals surface area contributed by atoms with Gasteiger partial charge in [0.25, 0.3) is 0 Å². The SMILES string of the molecule is Cc1nn(CC(C)C(=O)Nc2cc(C)n(Cc3c(F)cccc3Cl)n2)c(C)c1Cl. The molecule has 3 aromatic rings. The first-order valence-electron chi connectivity index (χ1n) is 9.15. The lowest BCUT2D eigenvalue weighted by Crippen LogP contribution is -2.25. The van der Waals surface area contributed by atoms with E-state index in [4.69, 9.17) is 23.2 Å². The summed E-state index contributed by atoms with van der Waals surface area (Å²) in [4.78, 5) is 12.6. The minimum absolute atomic E-state index is 0.174. The average molecular weight is 438 g/mol. The number of carbonyl (C=O) groups excluding carboxylic acids is 1. The van der Waals surface area contributed by atoms with Crippen LogP contribution in [0.2, 0.25) is 10.0 Å². The number of amides is 1. The molecule has 0 aliphatic carbocycles. The summed E-state index contributed by atoms with van der Waals surface area (Å²) in [5, 5.41) is 12.5. The van der Waals surface area contributed by atoms with Crippen LogP contribution in [0.15, 0.2) is 24.3 Å². The molecule has 29 heavy (non-hydrogen) atoms. The molecule has 1 amide bonds. The lowest BCUT2D eigenvalue weighted by molar-refractivity contribution is -0.119. The fourth-order valence-electron chi connectivity index (χ4n) is 3.01. The number of halogens is 3. The molecule has 0 spiro atoms. The number of hydrogen-bond donors (Lipinski definition) is 1. The Morgan fingerprint density at radius 3 is 2.55 bits per heavy atom. The molecule has 1 atom stereocenters. The van der Waals surface area contributed by atoms with Gasteiger partial charge in [0.05, 0.1) is 35.4 Å². The highest BCUT2D eigenvalue weighted by molar-refractivity contribution is 6.32. The number of nitrogens with zero attached hydrogens (tertiary/aromatic N) is 4. The molecule has 1 N–H and O–H groups in total. The number of carbonyl (C=O) groups is 1. The summed E-state index contributed by atoms with van der Waals surface area (Å²) in [6.45, 7) is 7.91. The Kier molecular flexibility index (Phi) is 6.29. The van der Waals surface area contributed by atoms with Crippen LogP contribution < -0.4 is 5.32 Å². The summed E-state index contributed by atoms with van der Waals surface area (Å²) < 4.78 is 17.4.